The Morgan fingerprint density at radius 2 is 1.97 bits per heavy atom. The number of benzene rings is 2. The molecule has 198 valence electrons. The summed E-state index contributed by atoms with van der Waals surface area (Å²) in [4.78, 5) is 25.5. The molecule has 0 bridgehead atoms. The highest BCUT2D eigenvalue weighted by Gasteiger charge is 2.26. The molecule has 2 aromatic carbocycles. The summed E-state index contributed by atoms with van der Waals surface area (Å²) in [6, 6.07) is 7.42. The number of carbonyl (C=O) groups is 1. The maximum absolute atomic E-state index is 13.9. The molecule has 0 atom stereocenters. The van der Waals surface area contributed by atoms with Crippen molar-refractivity contribution in [3.8, 4) is 11.5 Å². The first-order valence-corrected chi connectivity index (χ1v) is 12.5. The van der Waals surface area contributed by atoms with E-state index in [1.54, 1.807) is 33.1 Å². The lowest BCUT2D eigenvalue weighted by atomic mass is 10.2. The number of ether oxygens (including phenoxy) is 4. The summed E-state index contributed by atoms with van der Waals surface area (Å²) < 4.78 is 36.4. The summed E-state index contributed by atoms with van der Waals surface area (Å²) in [5, 5.41) is 0.386. The molecule has 3 aromatic rings. The third kappa shape index (κ3) is 6.57. The van der Waals surface area contributed by atoms with Crippen LogP contribution >= 0.6 is 11.6 Å². The Morgan fingerprint density at radius 3 is 2.68 bits per heavy atom. The molecule has 0 radical (unpaired) electrons. The van der Waals surface area contributed by atoms with Crippen molar-refractivity contribution in [1.82, 2.24) is 14.9 Å². The average Bonchev–Trinajstić information content (AvgIpc) is 2.88. The number of nitrogens with zero attached hydrogens (tertiary/aromatic N) is 4. The van der Waals surface area contributed by atoms with Crippen LogP contribution in [0.4, 0.5) is 20.7 Å². The van der Waals surface area contributed by atoms with Crippen molar-refractivity contribution in [1.29, 1.82) is 0 Å². The summed E-state index contributed by atoms with van der Waals surface area (Å²) in [7, 11) is 1.55. The molecule has 0 N–H and O–H groups in total. The van der Waals surface area contributed by atoms with E-state index in [4.69, 9.17) is 30.5 Å². The molecule has 1 saturated heterocycles. The third-order valence-electron chi connectivity index (χ3n) is 5.77. The van der Waals surface area contributed by atoms with Gasteiger partial charge in [0, 0.05) is 31.1 Å². The Hall–Kier alpha value is -3.21. The lowest BCUT2D eigenvalue weighted by molar-refractivity contribution is 0.0357. The molecule has 1 fully saturated rings. The quantitative estimate of drug-likeness (QED) is 0.347. The van der Waals surface area contributed by atoms with E-state index in [1.165, 1.54) is 29.4 Å². The van der Waals surface area contributed by atoms with Gasteiger partial charge < -0.3 is 18.9 Å². The van der Waals surface area contributed by atoms with Crippen LogP contribution in [0, 0.1) is 5.82 Å². The Morgan fingerprint density at radius 1 is 1.19 bits per heavy atom. The van der Waals surface area contributed by atoms with Crippen molar-refractivity contribution in [2.75, 3.05) is 51.5 Å². The maximum atomic E-state index is 13.9. The molecule has 37 heavy (non-hydrogen) atoms. The number of rotatable bonds is 9. The fraction of sp³-hybridized carbons (Fsp3) is 0.423. The van der Waals surface area contributed by atoms with Crippen molar-refractivity contribution >= 4 is 40.1 Å². The molecule has 0 aliphatic carbocycles. The number of aromatic nitrogens is 2. The number of fused-ring (bicyclic) bond motifs is 1. The molecule has 1 aliphatic rings. The zero-order chi connectivity index (χ0) is 26.4. The van der Waals surface area contributed by atoms with Crippen LogP contribution in [0.1, 0.15) is 20.3 Å². The summed E-state index contributed by atoms with van der Waals surface area (Å²) in [5.41, 5.74) is 0.818. The minimum atomic E-state index is -0.693. The van der Waals surface area contributed by atoms with E-state index in [9.17, 15) is 9.18 Å². The van der Waals surface area contributed by atoms with Gasteiger partial charge in [0.15, 0.2) is 17.3 Å². The van der Waals surface area contributed by atoms with Crippen LogP contribution < -0.4 is 14.4 Å². The monoisotopic (exact) mass is 532 g/mol. The van der Waals surface area contributed by atoms with Gasteiger partial charge in [0.1, 0.15) is 12.1 Å². The fourth-order valence-corrected chi connectivity index (χ4v) is 4.16. The van der Waals surface area contributed by atoms with Crippen LogP contribution in [-0.4, -0.2) is 73.6 Å². The zero-order valence-electron chi connectivity index (χ0n) is 21.1. The standard InChI is InChI=1S/C26H30ClFN4O5/c1-17(2)37-26(33)32(18-5-6-21(28)20(27)13-18)25-19-14-24(23(34-3)15-22(19)29-16-30-25)36-10-4-7-31-8-11-35-12-9-31/h5-6,13-17H,4,7-12H2,1-3H3. The van der Waals surface area contributed by atoms with Gasteiger partial charge in [-0.25, -0.2) is 24.1 Å². The predicted molar refractivity (Wildman–Crippen MR) is 139 cm³/mol. The van der Waals surface area contributed by atoms with Gasteiger partial charge in [-0.05, 0) is 44.5 Å². The van der Waals surface area contributed by atoms with Gasteiger partial charge in [0.2, 0.25) is 0 Å². The number of halogens is 2. The first-order chi connectivity index (χ1) is 17.9. The first kappa shape index (κ1) is 26.8. The van der Waals surface area contributed by atoms with Gasteiger partial charge in [-0.1, -0.05) is 11.6 Å². The van der Waals surface area contributed by atoms with Crippen molar-refractivity contribution in [2.24, 2.45) is 0 Å². The fourth-order valence-electron chi connectivity index (χ4n) is 3.99. The summed E-state index contributed by atoms with van der Waals surface area (Å²) in [6.07, 6.45) is 1.06. The van der Waals surface area contributed by atoms with Gasteiger partial charge >= 0.3 is 6.09 Å². The van der Waals surface area contributed by atoms with E-state index in [1.807, 2.05) is 0 Å². The predicted octanol–water partition coefficient (Wildman–Crippen LogP) is 5.22. The van der Waals surface area contributed by atoms with Crippen molar-refractivity contribution in [2.45, 2.75) is 26.4 Å². The van der Waals surface area contributed by atoms with Gasteiger partial charge in [0.25, 0.3) is 0 Å². The summed E-state index contributed by atoms with van der Waals surface area (Å²) in [6.45, 7) is 8.15. The molecule has 1 amide bonds. The molecule has 4 rings (SSSR count). The Balaban J connectivity index is 1.67. The Kier molecular flexibility index (Phi) is 8.96. The van der Waals surface area contributed by atoms with Gasteiger partial charge in [-0.15, -0.1) is 0 Å². The smallest absolute Gasteiger partial charge is 0.420 e. The Bertz CT molecular complexity index is 1240. The van der Waals surface area contributed by atoms with Gasteiger partial charge in [-0.2, -0.15) is 0 Å². The highest BCUT2D eigenvalue weighted by atomic mass is 35.5. The number of amides is 1. The number of morpholine rings is 1. The molecule has 0 unspecified atom stereocenters. The average molecular weight is 533 g/mol. The van der Waals surface area contributed by atoms with E-state index in [0.29, 0.717) is 34.7 Å². The van der Waals surface area contributed by atoms with Gasteiger partial charge in [-0.3, -0.25) is 4.90 Å². The van der Waals surface area contributed by atoms with Crippen molar-refractivity contribution < 1.29 is 28.1 Å². The van der Waals surface area contributed by atoms with Crippen LogP contribution in [0.15, 0.2) is 36.7 Å². The van der Waals surface area contributed by atoms with Gasteiger partial charge in [0.05, 0.1) is 49.3 Å². The topological polar surface area (TPSA) is 86.3 Å². The molecule has 2 heterocycles. The molecule has 1 aliphatic heterocycles. The molecule has 9 nitrogen and oxygen atoms in total. The molecule has 0 spiro atoms. The second-order valence-electron chi connectivity index (χ2n) is 8.74. The number of hydrogen-bond acceptors (Lipinski definition) is 8. The minimum absolute atomic E-state index is 0.135. The van der Waals surface area contributed by atoms with E-state index < -0.39 is 18.0 Å². The first-order valence-electron chi connectivity index (χ1n) is 12.1. The number of hydrogen-bond donors (Lipinski definition) is 0. The lowest BCUT2D eigenvalue weighted by Crippen LogP contribution is -2.37. The summed E-state index contributed by atoms with van der Waals surface area (Å²) >= 11 is 6.03. The molecular formula is C26H30ClFN4O5. The molecular weight excluding hydrogens is 503 g/mol. The van der Waals surface area contributed by atoms with Crippen LogP contribution in [0.3, 0.4) is 0 Å². The third-order valence-corrected chi connectivity index (χ3v) is 6.06. The highest BCUT2D eigenvalue weighted by molar-refractivity contribution is 6.31. The van der Waals surface area contributed by atoms with E-state index >= 15 is 0 Å². The van der Waals surface area contributed by atoms with E-state index in [2.05, 4.69) is 14.9 Å². The van der Waals surface area contributed by atoms with Crippen LogP contribution in [0.2, 0.25) is 5.02 Å². The molecule has 0 saturated carbocycles. The van der Waals surface area contributed by atoms with Crippen molar-refractivity contribution in [3.63, 3.8) is 0 Å². The van der Waals surface area contributed by atoms with Crippen LogP contribution in [0.5, 0.6) is 11.5 Å². The van der Waals surface area contributed by atoms with E-state index in [0.717, 1.165) is 39.3 Å². The second-order valence-corrected chi connectivity index (χ2v) is 9.15. The number of methoxy groups -OCH3 is 1. The van der Waals surface area contributed by atoms with Crippen molar-refractivity contribution in [3.05, 3.63) is 47.5 Å². The second kappa shape index (κ2) is 12.4. The largest absolute Gasteiger partial charge is 0.493 e. The summed E-state index contributed by atoms with van der Waals surface area (Å²) in [5.74, 6) is 0.624. The minimum Gasteiger partial charge on any atom is -0.493 e. The zero-order valence-corrected chi connectivity index (χ0v) is 21.8. The number of anilines is 2. The lowest BCUT2D eigenvalue weighted by Gasteiger charge is -2.26. The maximum Gasteiger partial charge on any atom is 0.420 e. The molecule has 1 aromatic heterocycles. The Labute approximate surface area is 220 Å². The molecule has 11 heteroatoms. The highest BCUT2D eigenvalue weighted by Crippen LogP contribution is 2.38. The number of carbonyl (C=O) groups excluding carboxylic acids is 1. The normalized spacial score (nSPS) is 14.1. The van der Waals surface area contributed by atoms with Crippen LogP contribution in [-0.2, 0) is 9.47 Å². The van der Waals surface area contributed by atoms with E-state index in [-0.39, 0.29) is 10.8 Å². The van der Waals surface area contributed by atoms with Crippen LogP contribution in [0.25, 0.3) is 10.9 Å². The SMILES string of the molecule is COc1cc2ncnc(N(C(=O)OC(C)C)c3ccc(F)c(Cl)c3)c2cc1OCCCN1CCOCC1.